The number of fused-ring (bicyclic) bond motifs is 1. The van der Waals surface area contributed by atoms with E-state index >= 15 is 0 Å². The molecule has 8 nitrogen and oxygen atoms in total. The van der Waals surface area contributed by atoms with E-state index in [0.29, 0.717) is 16.8 Å². The van der Waals surface area contributed by atoms with E-state index < -0.39 is 0 Å². The minimum absolute atomic E-state index is 0.197. The van der Waals surface area contributed by atoms with E-state index in [-0.39, 0.29) is 17.5 Å². The maximum Gasteiger partial charge on any atom is 0.249 e. The summed E-state index contributed by atoms with van der Waals surface area (Å²) in [5.41, 5.74) is 7.75. The standard InChI is InChI=1S/C21H12N8S/c22-10-13-4-7-18-14(8-13)2-1-3-19(18)30-29-20(25)27-21(28-29)26-17-6-5-15(11-23)16(9-17)12-24/h1-9H,(H3,25,26,27,28). The minimum Gasteiger partial charge on any atom is -0.367 e. The van der Waals surface area contributed by atoms with Crippen molar-refractivity contribution in [1.82, 2.24) is 14.2 Å². The van der Waals surface area contributed by atoms with Gasteiger partial charge in [0.25, 0.3) is 0 Å². The molecule has 3 N–H and O–H groups in total. The van der Waals surface area contributed by atoms with Gasteiger partial charge in [-0.2, -0.15) is 24.9 Å². The van der Waals surface area contributed by atoms with Crippen molar-refractivity contribution in [3.63, 3.8) is 0 Å². The van der Waals surface area contributed by atoms with E-state index in [4.69, 9.17) is 21.5 Å². The first-order valence-corrected chi connectivity index (χ1v) is 9.43. The molecule has 1 aromatic heterocycles. The molecule has 0 fully saturated rings. The minimum atomic E-state index is 0.197. The molecule has 4 rings (SSSR count). The van der Waals surface area contributed by atoms with Crippen molar-refractivity contribution in [2.75, 3.05) is 11.1 Å². The summed E-state index contributed by atoms with van der Waals surface area (Å²) in [4.78, 5) is 5.12. The topological polar surface area (TPSA) is 140 Å². The number of nitrogens with one attached hydrogen (secondary N) is 1. The summed E-state index contributed by atoms with van der Waals surface area (Å²) in [6, 6.07) is 22.1. The molecule has 0 saturated carbocycles. The number of benzene rings is 3. The fourth-order valence-corrected chi connectivity index (χ4v) is 3.73. The van der Waals surface area contributed by atoms with Crippen LogP contribution in [0.1, 0.15) is 16.7 Å². The Bertz CT molecular complexity index is 1400. The molecule has 0 aliphatic heterocycles. The van der Waals surface area contributed by atoms with Gasteiger partial charge in [0.2, 0.25) is 11.9 Å². The van der Waals surface area contributed by atoms with Crippen molar-refractivity contribution in [2.24, 2.45) is 0 Å². The molecule has 0 amide bonds. The van der Waals surface area contributed by atoms with Crippen molar-refractivity contribution < 1.29 is 0 Å². The highest BCUT2D eigenvalue weighted by Gasteiger charge is 2.12. The highest BCUT2D eigenvalue weighted by molar-refractivity contribution is 7.98. The van der Waals surface area contributed by atoms with Crippen molar-refractivity contribution in [3.8, 4) is 18.2 Å². The quantitative estimate of drug-likeness (QED) is 0.517. The lowest BCUT2D eigenvalue weighted by molar-refractivity contribution is 1.02. The Hall–Kier alpha value is -4.52. The Morgan fingerprint density at radius 1 is 0.933 bits per heavy atom. The van der Waals surface area contributed by atoms with Crippen LogP contribution in [0.15, 0.2) is 59.5 Å². The average Bonchev–Trinajstić information content (AvgIpc) is 3.11. The lowest BCUT2D eigenvalue weighted by Gasteiger charge is -2.06. The van der Waals surface area contributed by atoms with E-state index in [9.17, 15) is 0 Å². The van der Waals surface area contributed by atoms with Gasteiger partial charge < -0.3 is 11.1 Å². The summed E-state index contributed by atoms with van der Waals surface area (Å²) in [5.74, 6) is 0.461. The van der Waals surface area contributed by atoms with Crippen molar-refractivity contribution in [1.29, 1.82) is 15.8 Å². The van der Waals surface area contributed by atoms with Crippen molar-refractivity contribution >= 4 is 40.3 Å². The number of anilines is 3. The molecule has 0 spiro atoms. The van der Waals surface area contributed by atoms with Gasteiger partial charge in [0.15, 0.2) is 0 Å². The van der Waals surface area contributed by atoms with E-state index in [1.54, 1.807) is 24.3 Å². The molecule has 1 heterocycles. The number of hydrogen-bond acceptors (Lipinski definition) is 8. The zero-order valence-electron chi connectivity index (χ0n) is 15.4. The van der Waals surface area contributed by atoms with Gasteiger partial charge in [0.1, 0.15) is 12.1 Å². The van der Waals surface area contributed by atoms with Crippen LogP contribution in [0.3, 0.4) is 0 Å². The van der Waals surface area contributed by atoms with Crippen LogP contribution in [-0.2, 0) is 0 Å². The first kappa shape index (κ1) is 18.8. The van der Waals surface area contributed by atoms with E-state index in [1.807, 2.05) is 42.5 Å². The lowest BCUT2D eigenvalue weighted by Crippen LogP contribution is -1.98. The Balaban J connectivity index is 1.61. The molecule has 3 aromatic carbocycles. The molecule has 0 aliphatic carbocycles. The lowest BCUT2D eigenvalue weighted by atomic mass is 10.1. The number of hydrogen-bond donors (Lipinski definition) is 2. The molecule has 0 aliphatic rings. The van der Waals surface area contributed by atoms with Crippen molar-refractivity contribution in [2.45, 2.75) is 4.90 Å². The molecule has 0 saturated heterocycles. The smallest absolute Gasteiger partial charge is 0.249 e. The second-order valence-electron chi connectivity index (χ2n) is 6.17. The molecule has 142 valence electrons. The summed E-state index contributed by atoms with van der Waals surface area (Å²) >= 11 is 1.30. The first-order chi connectivity index (χ1) is 14.6. The summed E-state index contributed by atoms with van der Waals surface area (Å²) in [6.45, 7) is 0. The van der Waals surface area contributed by atoms with E-state index in [2.05, 4.69) is 21.5 Å². The fourth-order valence-electron chi connectivity index (χ4n) is 2.87. The predicted molar refractivity (Wildman–Crippen MR) is 114 cm³/mol. The number of rotatable bonds is 4. The van der Waals surface area contributed by atoms with Gasteiger partial charge in [0.05, 0.1) is 22.8 Å². The van der Waals surface area contributed by atoms with E-state index in [1.165, 1.54) is 16.0 Å². The highest BCUT2D eigenvalue weighted by Crippen LogP contribution is 2.31. The van der Waals surface area contributed by atoms with Crippen LogP contribution < -0.4 is 11.1 Å². The van der Waals surface area contributed by atoms with Crippen LogP contribution in [0.5, 0.6) is 0 Å². The number of nitrogen functional groups attached to an aromatic ring is 1. The third kappa shape index (κ3) is 3.59. The molecule has 30 heavy (non-hydrogen) atoms. The van der Waals surface area contributed by atoms with Crippen LogP contribution in [-0.4, -0.2) is 14.2 Å². The van der Waals surface area contributed by atoms with Gasteiger partial charge >= 0.3 is 0 Å². The second-order valence-corrected chi connectivity index (χ2v) is 7.14. The number of nitriles is 3. The van der Waals surface area contributed by atoms with Gasteiger partial charge in [-0.05, 0) is 47.2 Å². The normalized spacial score (nSPS) is 10.2. The average molecular weight is 408 g/mol. The monoisotopic (exact) mass is 408 g/mol. The Morgan fingerprint density at radius 3 is 2.53 bits per heavy atom. The number of nitrogens with zero attached hydrogens (tertiary/aromatic N) is 6. The maximum absolute atomic E-state index is 9.17. The van der Waals surface area contributed by atoms with Gasteiger partial charge in [-0.25, -0.2) is 0 Å². The zero-order chi connectivity index (χ0) is 21.1. The third-order valence-corrected chi connectivity index (χ3v) is 5.27. The van der Waals surface area contributed by atoms with Gasteiger partial charge in [0, 0.05) is 22.5 Å². The Morgan fingerprint density at radius 2 is 1.77 bits per heavy atom. The fraction of sp³-hybridized carbons (Fsp3) is 0. The largest absolute Gasteiger partial charge is 0.367 e. The predicted octanol–water partition coefficient (Wildman–Crippen LogP) is 3.93. The number of nitrogens with two attached hydrogens (primary N) is 1. The molecule has 9 heteroatoms. The molecule has 0 atom stereocenters. The van der Waals surface area contributed by atoms with Crippen LogP contribution in [0, 0.1) is 34.0 Å². The van der Waals surface area contributed by atoms with Gasteiger partial charge in [-0.15, -0.1) is 5.10 Å². The summed E-state index contributed by atoms with van der Waals surface area (Å²) in [7, 11) is 0. The maximum atomic E-state index is 9.17. The van der Waals surface area contributed by atoms with Crippen LogP contribution in [0.25, 0.3) is 10.8 Å². The summed E-state index contributed by atoms with van der Waals surface area (Å²) in [6.07, 6.45) is 0. The van der Waals surface area contributed by atoms with Crippen molar-refractivity contribution in [3.05, 3.63) is 71.3 Å². The van der Waals surface area contributed by atoms with Crippen LogP contribution >= 0.6 is 11.9 Å². The molecular formula is C21H12N8S. The first-order valence-electron chi connectivity index (χ1n) is 8.66. The Labute approximate surface area is 175 Å². The molecule has 4 aromatic rings. The molecule has 0 unspecified atom stereocenters. The molecule has 0 radical (unpaired) electrons. The number of aromatic nitrogens is 3. The van der Waals surface area contributed by atoms with Crippen LogP contribution in [0.4, 0.5) is 17.6 Å². The zero-order valence-corrected chi connectivity index (χ0v) is 16.2. The Kier molecular flexibility index (Phi) is 4.92. The molecular weight excluding hydrogens is 396 g/mol. The van der Waals surface area contributed by atoms with Gasteiger partial charge in [-0.3, -0.25) is 0 Å². The second kappa shape index (κ2) is 7.84. The SMILES string of the molecule is N#Cc1ccc2c(Sn3nc(Nc4ccc(C#N)c(C#N)c4)nc3N)cccc2c1. The van der Waals surface area contributed by atoms with Crippen LogP contribution in [0.2, 0.25) is 0 Å². The summed E-state index contributed by atoms with van der Waals surface area (Å²) in [5, 5.41) is 36.6. The highest BCUT2D eigenvalue weighted by atomic mass is 32.2. The van der Waals surface area contributed by atoms with Gasteiger partial charge in [-0.1, -0.05) is 18.2 Å². The summed E-state index contributed by atoms with van der Waals surface area (Å²) < 4.78 is 1.49. The molecule has 0 bridgehead atoms. The van der Waals surface area contributed by atoms with E-state index in [0.717, 1.165) is 15.7 Å². The third-order valence-electron chi connectivity index (χ3n) is 4.27.